The Hall–Kier alpha value is -3.42. The highest BCUT2D eigenvalue weighted by Gasteiger charge is 2.33. The third-order valence-corrected chi connectivity index (χ3v) is 5.63. The SMILES string of the molecule is O=C(CN1CCN(c2cccc3c2cnn3-c2ccccn2)C1=O)N1CCCC1. The van der Waals surface area contributed by atoms with E-state index in [0.717, 1.165) is 48.3 Å². The summed E-state index contributed by atoms with van der Waals surface area (Å²) in [7, 11) is 0. The fourth-order valence-electron chi connectivity index (χ4n) is 4.12. The van der Waals surface area contributed by atoms with Crippen molar-refractivity contribution in [2.45, 2.75) is 12.8 Å². The highest BCUT2D eigenvalue weighted by Crippen LogP contribution is 2.30. The number of pyridine rings is 1. The number of fused-ring (bicyclic) bond motifs is 1. The van der Waals surface area contributed by atoms with E-state index in [-0.39, 0.29) is 18.5 Å². The predicted octanol–water partition coefficient (Wildman–Crippen LogP) is 2.28. The van der Waals surface area contributed by atoms with Gasteiger partial charge in [-0.1, -0.05) is 12.1 Å². The molecule has 4 heterocycles. The summed E-state index contributed by atoms with van der Waals surface area (Å²) >= 11 is 0. The van der Waals surface area contributed by atoms with Crippen LogP contribution in [0.5, 0.6) is 0 Å². The number of aromatic nitrogens is 3. The van der Waals surface area contributed by atoms with Crippen LogP contribution in [-0.2, 0) is 4.79 Å². The predicted molar refractivity (Wildman–Crippen MR) is 109 cm³/mol. The topological polar surface area (TPSA) is 74.6 Å². The van der Waals surface area contributed by atoms with Gasteiger partial charge in [0.25, 0.3) is 0 Å². The van der Waals surface area contributed by atoms with Gasteiger partial charge >= 0.3 is 6.03 Å². The largest absolute Gasteiger partial charge is 0.341 e. The molecule has 8 nitrogen and oxygen atoms in total. The van der Waals surface area contributed by atoms with E-state index >= 15 is 0 Å². The molecule has 2 aliphatic rings. The van der Waals surface area contributed by atoms with Crippen LogP contribution in [0.1, 0.15) is 12.8 Å². The molecule has 0 unspecified atom stereocenters. The van der Waals surface area contributed by atoms with E-state index < -0.39 is 0 Å². The van der Waals surface area contributed by atoms with Gasteiger partial charge in [0.1, 0.15) is 6.54 Å². The third-order valence-electron chi connectivity index (χ3n) is 5.63. The molecule has 5 rings (SSSR count). The number of anilines is 1. The van der Waals surface area contributed by atoms with E-state index in [1.54, 1.807) is 26.9 Å². The first-order chi connectivity index (χ1) is 14.2. The zero-order valence-corrected chi connectivity index (χ0v) is 16.1. The summed E-state index contributed by atoms with van der Waals surface area (Å²) in [6.45, 7) is 2.86. The third kappa shape index (κ3) is 3.10. The first-order valence-corrected chi connectivity index (χ1v) is 9.95. The van der Waals surface area contributed by atoms with Crippen LogP contribution in [-0.4, -0.2) is 69.2 Å². The van der Waals surface area contributed by atoms with Crippen molar-refractivity contribution in [3.8, 4) is 5.82 Å². The van der Waals surface area contributed by atoms with Crippen molar-refractivity contribution in [2.24, 2.45) is 0 Å². The van der Waals surface area contributed by atoms with Crippen molar-refractivity contribution in [3.63, 3.8) is 0 Å². The minimum Gasteiger partial charge on any atom is -0.341 e. The monoisotopic (exact) mass is 390 g/mol. The summed E-state index contributed by atoms with van der Waals surface area (Å²) in [4.78, 5) is 35.1. The van der Waals surface area contributed by atoms with Crippen molar-refractivity contribution in [3.05, 3.63) is 48.8 Å². The van der Waals surface area contributed by atoms with E-state index in [1.807, 2.05) is 41.3 Å². The molecule has 0 aliphatic carbocycles. The molecule has 0 bridgehead atoms. The molecular formula is C21H22N6O2. The summed E-state index contributed by atoms with van der Waals surface area (Å²) < 4.78 is 1.77. The molecule has 148 valence electrons. The van der Waals surface area contributed by atoms with Gasteiger partial charge in [-0.15, -0.1) is 0 Å². The Morgan fingerprint density at radius 3 is 2.66 bits per heavy atom. The number of benzene rings is 1. The van der Waals surface area contributed by atoms with Crippen LogP contribution in [0.15, 0.2) is 48.8 Å². The van der Waals surface area contributed by atoms with Gasteiger partial charge in [0.05, 0.1) is 17.4 Å². The number of carbonyl (C=O) groups excluding carboxylic acids is 2. The van der Waals surface area contributed by atoms with E-state index in [2.05, 4.69) is 10.1 Å². The molecule has 2 saturated heterocycles. The van der Waals surface area contributed by atoms with Crippen LogP contribution in [0, 0.1) is 0 Å². The van der Waals surface area contributed by atoms with Gasteiger partial charge < -0.3 is 9.80 Å². The van der Waals surface area contributed by atoms with Gasteiger partial charge in [0.15, 0.2) is 5.82 Å². The second-order valence-corrected chi connectivity index (χ2v) is 7.40. The Balaban J connectivity index is 1.40. The Labute approximate surface area is 168 Å². The highest BCUT2D eigenvalue weighted by molar-refractivity contribution is 6.04. The molecule has 3 amide bonds. The van der Waals surface area contributed by atoms with Gasteiger partial charge in [-0.2, -0.15) is 5.10 Å². The molecule has 0 spiro atoms. The maximum absolute atomic E-state index is 13.0. The van der Waals surface area contributed by atoms with Crippen molar-refractivity contribution in [2.75, 3.05) is 37.6 Å². The summed E-state index contributed by atoms with van der Waals surface area (Å²) in [5.74, 6) is 0.768. The fraction of sp³-hybridized carbons (Fsp3) is 0.333. The minimum absolute atomic E-state index is 0.0406. The quantitative estimate of drug-likeness (QED) is 0.685. The molecule has 2 fully saturated rings. The lowest BCUT2D eigenvalue weighted by molar-refractivity contribution is -0.130. The van der Waals surface area contributed by atoms with Gasteiger partial charge in [0.2, 0.25) is 5.91 Å². The van der Waals surface area contributed by atoms with Gasteiger partial charge in [-0.05, 0) is 37.1 Å². The number of urea groups is 1. The molecule has 29 heavy (non-hydrogen) atoms. The average Bonchev–Trinajstić information content (AvgIpc) is 3.49. The van der Waals surface area contributed by atoms with E-state index in [0.29, 0.717) is 13.1 Å². The van der Waals surface area contributed by atoms with E-state index in [4.69, 9.17) is 0 Å². The van der Waals surface area contributed by atoms with Crippen LogP contribution < -0.4 is 4.90 Å². The summed E-state index contributed by atoms with van der Waals surface area (Å²) in [5.41, 5.74) is 1.70. The number of hydrogen-bond acceptors (Lipinski definition) is 4. The van der Waals surface area contributed by atoms with Crippen molar-refractivity contribution in [1.82, 2.24) is 24.6 Å². The lowest BCUT2D eigenvalue weighted by Gasteiger charge is -2.22. The van der Waals surface area contributed by atoms with Crippen LogP contribution in [0.4, 0.5) is 10.5 Å². The van der Waals surface area contributed by atoms with Crippen LogP contribution in [0.2, 0.25) is 0 Å². The zero-order valence-electron chi connectivity index (χ0n) is 16.1. The summed E-state index contributed by atoms with van der Waals surface area (Å²) in [5, 5.41) is 5.37. The van der Waals surface area contributed by atoms with Gasteiger partial charge in [-0.3, -0.25) is 9.69 Å². The Morgan fingerprint density at radius 1 is 1.00 bits per heavy atom. The summed E-state index contributed by atoms with van der Waals surface area (Å²) in [6.07, 6.45) is 5.60. The normalized spacial score (nSPS) is 17.0. The maximum atomic E-state index is 13.0. The molecule has 8 heteroatoms. The van der Waals surface area contributed by atoms with Gasteiger partial charge in [-0.25, -0.2) is 14.5 Å². The molecule has 0 radical (unpaired) electrons. The molecule has 0 N–H and O–H groups in total. The van der Waals surface area contributed by atoms with Crippen LogP contribution >= 0.6 is 0 Å². The Bertz CT molecular complexity index is 1060. The molecule has 2 aromatic heterocycles. The first kappa shape index (κ1) is 17.7. The standard InChI is InChI=1S/C21H22N6O2/c28-20(24-10-3-4-11-24)15-25-12-13-26(21(25)29)17-6-5-7-18-16(17)14-23-27(18)19-8-1-2-9-22-19/h1-2,5-9,14H,3-4,10-13,15H2. The number of amides is 3. The smallest absolute Gasteiger partial charge is 0.325 e. The Morgan fingerprint density at radius 2 is 1.86 bits per heavy atom. The highest BCUT2D eigenvalue weighted by atomic mass is 16.2. The van der Waals surface area contributed by atoms with Crippen LogP contribution in [0.25, 0.3) is 16.7 Å². The zero-order chi connectivity index (χ0) is 19.8. The minimum atomic E-state index is -0.129. The van der Waals surface area contributed by atoms with Crippen molar-refractivity contribution in [1.29, 1.82) is 0 Å². The van der Waals surface area contributed by atoms with E-state index in [1.165, 1.54) is 0 Å². The number of nitrogens with zero attached hydrogens (tertiary/aromatic N) is 6. The molecule has 3 aromatic rings. The van der Waals surface area contributed by atoms with Crippen molar-refractivity contribution < 1.29 is 9.59 Å². The molecule has 1 aromatic carbocycles. The maximum Gasteiger partial charge on any atom is 0.325 e. The molecule has 0 saturated carbocycles. The number of hydrogen-bond donors (Lipinski definition) is 0. The second-order valence-electron chi connectivity index (χ2n) is 7.40. The number of rotatable bonds is 4. The molecular weight excluding hydrogens is 368 g/mol. The van der Waals surface area contributed by atoms with E-state index in [9.17, 15) is 9.59 Å². The molecule has 0 atom stereocenters. The molecule has 2 aliphatic heterocycles. The van der Waals surface area contributed by atoms with Gasteiger partial charge in [0, 0.05) is 37.8 Å². The summed E-state index contributed by atoms with van der Waals surface area (Å²) in [6, 6.07) is 11.4. The average molecular weight is 390 g/mol. The van der Waals surface area contributed by atoms with Crippen molar-refractivity contribution >= 4 is 28.5 Å². The lowest BCUT2D eigenvalue weighted by Crippen LogP contribution is -2.41. The number of likely N-dealkylation sites (tertiary alicyclic amines) is 1. The Kier molecular flexibility index (Phi) is 4.38. The van der Waals surface area contributed by atoms with Crippen LogP contribution in [0.3, 0.4) is 0 Å². The fourth-order valence-corrected chi connectivity index (χ4v) is 4.12. The number of carbonyl (C=O) groups is 2. The first-order valence-electron chi connectivity index (χ1n) is 9.95. The lowest BCUT2D eigenvalue weighted by atomic mass is 10.2. The second kappa shape index (κ2) is 7.20.